The number of carbonyl (C=O) groups is 1. The number of benzene rings is 1. The van der Waals surface area contributed by atoms with Gasteiger partial charge in [0.2, 0.25) is 0 Å². The van der Waals surface area contributed by atoms with E-state index in [2.05, 4.69) is 11.1 Å². The van der Waals surface area contributed by atoms with Crippen LogP contribution in [0.15, 0.2) is 36.5 Å². The Morgan fingerprint density at radius 1 is 1.30 bits per heavy atom. The molecule has 1 aromatic heterocycles. The van der Waals surface area contributed by atoms with Crippen LogP contribution >= 0.6 is 0 Å². The van der Waals surface area contributed by atoms with Gasteiger partial charge in [0.15, 0.2) is 0 Å². The van der Waals surface area contributed by atoms with Crippen molar-refractivity contribution in [1.29, 1.82) is 5.26 Å². The van der Waals surface area contributed by atoms with Gasteiger partial charge >= 0.3 is 0 Å². The van der Waals surface area contributed by atoms with Crippen LogP contribution in [0.3, 0.4) is 0 Å². The third-order valence-electron chi connectivity index (χ3n) is 3.78. The topological polar surface area (TPSA) is 57.0 Å². The molecule has 1 saturated heterocycles. The molecule has 2 aromatic rings. The van der Waals surface area contributed by atoms with Crippen molar-refractivity contribution in [2.24, 2.45) is 0 Å². The minimum atomic E-state index is -0.310. The van der Waals surface area contributed by atoms with E-state index in [1.54, 1.807) is 17.2 Å². The number of hydrogen-bond acceptors (Lipinski definition) is 3. The van der Waals surface area contributed by atoms with Crippen LogP contribution in [0.4, 0.5) is 0 Å². The van der Waals surface area contributed by atoms with E-state index >= 15 is 0 Å². The van der Waals surface area contributed by atoms with Gasteiger partial charge in [-0.3, -0.25) is 9.78 Å². The first-order chi connectivity index (χ1) is 9.81. The van der Waals surface area contributed by atoms with E-state index in [-0.39, 0.29) is 11.9 Å². The smallest absolute Gasteiger partial charge is 0.257 e. The van der Waals surface area contributed by atoms with Crippen LogP contribution < -0.4 is 0 Å². The van der Waals surface area contributed by atoms with Crippen LogP contribution in [-0.4, -0.2) is 28.4 Å². The molecule has 20 heavy (non-hydrogen) atoms. The summed E-state index contributed by atoms with van der Waals surface area (Å²) >= 11 is 0. The highest BCUT2D eigenvalue weighted by molar-refractivity contribution is 6.05. The van der Waals surface area contributed by atoms with Crippen LogP contribution in [0.5, 0.6) is 0 Å². The summed E-state index contributed by atoms with van der Waals surface area (Å²) < 4.78 is 0. The largest absolute Gasteiger partial charge is 0.323 e. The van der Waals surface area contributed by atoms with Gasteiger partial charge in [-0.25, -0.2) is 0 Å². The highest BCUT2D eigenvalue weighted by atomic mass is 16.2. The average Bonchev–Trinajstić information content (AvgIpc) is 2.53. The third-order valence-corrected chi connectivity index (χ3v) is 3.78. The van der Waals surface area contributed by atoms with Crippen molar-refractivity contribution >= 4 is 16.8 Å². The summed E-state index contributed by atoms with van der Waals surface area (Å²) in [6.07, 6.45) is 4.43. The first-order valence-electron chi connectivity index (χ1n) is 6.85. The van der Waals surface area contributed by atoms with Crippen LogP contribution in [0.25, 0.3) is 10.9 Å². The molecule has 0 spiro atoms. The van der Waals surface area contributed by atoms with Gasteiger partial charge in [0.05, 0.1) is 17.1 Å². The number of para-hydroxylation sites is 1. The molecular weight excluding hydrogens is 250 g/mol. The van der Waals surface area contributed by atoms with Gasteiger partial charge in [-0.1, -0.05) is 18.2 Å². The Morgan fingerprint density at radius 2 is 2.15 bits per heavy atom. The van der Waals surface area contributed by atoms with Gasteiger partial charge in [-0.15, -0.1) is 0 Å². The molecule has 100 valence electrons. The van der Waals surface area contributed by atoms with Crippen molar-refractivity contribution in [2.45, 2.75) is 25.3 Å². The van der Waals surface area contributed by atoms with Crippen molar-refractivity contribution in [3.05, 3.63) is 42.1 Å². The van der Waals surface area contributed by atoms with E-state index in [4.69, 9.17) is 0 Å². The SMILES string of the molecule is N#CC1CCCCN1C(=O)c1cccc2cccnc12. The molecule has 1 aliphatic rings. The Morgan fingerprint density at radius 3 is 3.00 bits per heavy atom. The minimum Gasteiger partial charge on any atom is -0.323 e. The lowest BCUT2D eigenvalue weighted by molar-refractivity contribution is 0.0672. The van der Waals surface area contributed by atoms with E-state index in [1.165, 1.54) is 0 Å². The van der Waals surface area contributed by atoms with Gasteiger partial charge in [0.1, 0.15) is 6.04 Å². The predicted octanol–water partition coefficient (Wildman–Crippen LogP) is 2.75. The lowest BCUT2D eigenvalue weighted by Gasteiger charge is -2.31. The molecule has 1 aromatic carbocycles. The second-order valence-electron chi connectivity index (χ2n) is 5.02. The minimum absolute atomic E-state index is 0.0828. The second-order valence-corrected chi connectivity index (χ2v) is 5.02. The van der Waals surface area contributed by atoms with Crippen molar-refractivity contribution < 1.29 is 4.79 Å². The number of hydrogen-bond donors (Lipinski definition) is 0. The fourth-order valence-electron chi connectivity index (χ4n) is 2.74. The Balaban J connectivity index is 2.02. The number of piperidine rings is 1. The molecule has 1 fully saturated rings. The van der Waals surface area contributed by atoms with Gasteiger partial charge in [-0.05, 0) is 31.4 Å². The lowest BCUT2D eigenvalue weighted by Crippen LogP contribution is -2.43. The Hall–Kier alpha value is -2.41. The molecule has 4 nitrogen and oxygen atoms in total. The summed E-state index contributed by atoms with van der Waals surface area (Å²) in [5.41, 5.74) is 1.30. The van der Waals surface area contributed by atoms with Crippen molar-refractivity contribution in [3.8, 4) is 6.07 Å². The molecule has 1 aliphatic heterocycles. The van der Waals surface area contributed by atoms with Crippen LogP contribution in [0.2, 0.25) is 0 Å². The van der Waals surface area contributed by atoms with E-state index in [9.17, 15) is 10.1 Å². The first-order valence-corrected chi connectivity index (χ1v) is 6.85. The summed E-state index contributed by atoms with van der Waals surface area (Å²) in [6, 6.07) is 11.3. The summed E-state index contributed by atoms with van der Waals surface area (Å²) in [5, 5.41) is 10.2. The molecular formula is C16H15N3O. The summed E-state index contributed by atoms with van der Waals surface area (Å²) in [5.74, 6) is -0.0828. The zero-order valence-corrected chi connectivity index (χ0v) is 11.1. The molecule has 4 heteroatoms. The molecule has 1 amide bonds. The zero-order valence-electron chi connectivity index (χ0n) is 11.1. The number of fused-ring (bicyclic) bond motifs is 1. The number of pyridine rings is 1. The molecule has 0 N–H and O–H groups in total. The zero-order chi connectivity index (χ0) is 13.9. The number of rotatable bonds is 1. The Labute approximate surface area is 117 Å². The highest BCUT2D eigenvalue weighted by Gasteiger charge is 2.28. The maximum Gasteiger partial charge on any atom is 0.257 e. The number of carbonyl (C=O) groups excluding carboxylic acids is 1. The summed E-state index contributed by atoms with van der Waals surface area (Å²) in [7, 11) is 0. The number of likely N-dealkylation sites (tertiary alicyclic amines) is 1. The maximum absolute atomic E-state index is 12.7. The van der Waals surface area contributed by atoms with E-state index < -0.39 is 0 Å². The highest BCUT2D eigenvalue weighted by Crippen LogP contribution is 2.22. The number of nitriles is 1. The van der Waals surface area contributed by atoms with Crippen molar-refractivity contribution in [3.63, 3.8) is 0 Å². The molecule has 0 saturated carbocycles. The molecule has 0 aliphatic carbocycles. The standard InChI is InChI=1S/C16H15N3O/c17-11-13-7-1-2-10-19(13)16(20)14-8-3-5-12-6-4-9-18-15(12)14/h3-6,8-9,13H,1-2,7,10H2. The van der Waals surface area contributed by atoms with E-state index in [0.717, 1.165) is 24.6 Å². The van der Waals surface area contributed by atoms with Gasteiger partial charge in [0.25, 0.3) is 5.91 Å². The lowest BCUT2D eigenvalue weighted by atomic mass is 10.0. The maximum atomic E-state index is 12.7. The monoisotopic (exact) mass is 265 g/mol. The van der Waals surface area contributed by atoms with Crippen LogP contribution in [0.1, 0.15) is 29.6 Å². The molecule has 1 unspecified atom stereocenters. The summed E-state index contributed by atoms with van der Waals surface area (Å²) in [6.45, 7) is 0.653. The summed E-state index contributed by atoms with van der Waals surface area (Å²) in [4.78, 5) is 18.7. The first kappa shape index (κ1) is 12.6. The van der Waals surface area contributed by atoms with Crippen LogP contribution in [-0.2, 0) is 0 Å². The van der Waals surface area contributed by atoms with Gasteiger partial charge in [-0.2, -0.15) is 5.26 Å². The Bertz CT molecular complexity index is 684. The molecule has 0 bridgehead atoms. The molecule has 2 heterocycles. The molecule has 3 rings (SSSR count). The van der Waals surface area contributed by atoms with E-state index in [1.807, 2.05) is 24.3 Å². The number of amides is 1. The van der Waals surface area contributed by atoms with Crippen LogP contribution in [0, 0.1) is 11.3 Å². The molecule has 0 radical (unpaired) electrons. The average molecular weight is 265 g/mol. The number of nitrogens with zero attached hydrogens (tertiary/aromatic N) is 3. The third kappa shape index (κ3) is 2.12. The molecule has 1 atom stereocenters. The number of aromatic nitrogens is 1. The Kier molecular flexibility index (Phi) is 3.34. The second kappa shape index (κ2) is 5.30. The fourth-order valence-corrected chi connectivity index (χ4v) is 2.74. The fraction of sp³-hybridized carbons (Fsp3) is 0.312. The van der Waals surface area contributed by atoms with Crippen molar-refractivity contribution in [2.75, 3.05) is 6.54 Å². The van der Waals surface area contributed by atoms with E-state index in [0.29, 0.717) is 17.6 Å². The van der Waals surface area contributed by atoms with Gasteiger partial charge < -0.3 is 4.90 Å². The normalized spacial score (nSPS) is 18.8. The quantitative estimate of drug-likeness (QED) is 0.796. The van der Waals surface area contributed by atoms with Gasteiger partial charge in [0, 0.05) is 18.1 Å². The van der Waals surface area contributed by atoms with Crippen molar-refractivity contribution in [1.82, 2.24) is 9.88 Å². The predicted molar refractivity (Wildman–Crippen MR) is 76.0 cm³/mol.